The van der Waals surface area contributed by atoms with Crippen molar-refractivity contribution in [2.24, 2.45) is 0 Å². The van der Waals surface area contributed by atoms with Gasteiger partial charge in [0.25, 0.3) is 0 Å². The van der Waals surface area contributed by atoms with Crippen molar-refractivity contribution in [3.63, 3.8) is 0 Å². The van der Waals surface area contributed by atoms with E-state index in [4.69, 9.17) is 4.55 Å². The average Bonchev–Trinajstić information content (AvgIpc) is 1.38. The summed E-state index contributed by atoms with van der Waals surface area (Å²) in [4.78, 5) is 0. The van der Waals surface area contributed by atoms with Crippen LogP contribution in [0.5, 0.6) is 0 Å². The van der Waals surface area contributed by atoms with Gasteiger partial charge in [0.1, 0.15) is 0 Å². The number of rotatable bonds is 1. The molecular weight excluding hydrogens is 99.0 g/mol. The molecule has 1 atom stereocenters. The molecule has 0 heterocycles. The van der Waals surface area contributed by atoms with Crippen molar-refractivity contribution in [2.75, 3.05) is 7.11 Å². The van der Waals surface area contributed by atoms with Crippen LogP contribution in [0.25, 0.3) is 0 Å². The van der Waals surface area contributed by atoms with Crippen LogP contribution in [0.4, 0.5) is 0 Å². The fraction of sp³-hybridized carbons (Fsp3) is 1.00. The summed E-state index contributed by atoms with van der Waals surface area (Å²) in [5, 5.41) is 0. The van der Waals surface area contributed by atoms with Gasteiger partial charge in [-0.3, -0.25) is 8.74 Å². The summed E-state index contributed by atoms with van der Waals surface area (Å²) in [5.41, 5.74) is 0. The summed E-state index contributed by atoms with van der Waals surface area (Å²) in [7, 11) is 1.15. The second kappa shape index (κ2) is 5.67. The first kappa shape index (κ1) is 9.83. The van der Waals surface area contributed by atoms with E-state index in [0.717, 1.165) is 7.11 Å². The van der Waals surface area contributed by atoms with Crippen LogP contribution < -0.4 is 0 Å². The Hall–Kier alpha value is 0.667. The molecule has 1 unspecified atom stereocenters. The first-order valence-corrected chi connectivity index (χ1v) is 1.96. The van der Waals surface area contributed by atoms with Crippen LogP contribution >= 0.6 is 0 Å². The second-order valence-corrected chi connectivity index (χ2v) is 1.15. The zero-order valence-corrected chi connectivity index (χ0v) is 3.49. The van der Waals surface area contributed by atoms with Crippen LogP contribution in [-0.2, 0) is 15.5 Å². The van der Waals surface area contributed by atoms with E-state index in [1.807, 2.05) is 0 Å². The Morgan fingerprint density at radius 2 is 2.00 bits per heavy atom. The summed E-state index contributed by atoms with van der Waals surface area (Å²) < 4.78 is 20.6. The molecule has 0 aromatic rings. The zero-order chi connectivity index (χ0) is 4.28. The summed E-state index contributed by atoms with van der Waals surface area (Å²) in [6, 6.07) is 0. The average molecular weight is 104 g/mol. The van der Waals surface area contributed by atoms with Crippen molar-refractivity contribution in [3.8, 4) is 0 Å². The van der Waals surface area contributed by atoms with Gasteiger partial charge >= 0.3 is 30.2 Å². The molecule has 0 bridgehead atoms. The quantitative estimate of drug-likeness (QED) is 0.347. The van der Waals surface area contributed by atoms with Gasteiger partial charge in [-0.05, 0) is 0 Å². The fourth-order valence-electron chi connectivity index (χ4n) is 0. The zero-order valence-electron chi connectivity index (χ0n) is 2.67. The summed E-state index contributed by atoms with van der Waals surface area (Å²) in [6.07, 6.45) is 0. The molecular formula is CH5LiO3S. The molecule has 0 saturated heterocycles. The molecule has 0 amide bonds. The van der Waals surface area contributed by atoms with Crippen LogP contribution in [0.3, 0.4) is 0 Å². The van der Waals surface area contributed by atoms with E-state index in [-0.39, 0.29) is 18.9 Å². The third-order valence-electron chi connectivity index (χ3n) is 0.143. The Balaban J connectivity index is 0. The Labute approximate surface area is 50.7 Å². The van der Waals surface area contributed by atoms with Gasteiger partial charge in [-0.1, -0.05) is 0 Å². The molecule has 0 aliphatic rings. The summed E-state index contributed by atoms with van der Waals surface area (Å²) in [5.74, 6) is 0. The van der Waals surface area contributed by atoms with E-state index in [9.17, 15) is 4.21 Å². The fourth-order valence-corrected chi connectivity index (χ4v) is 0. The molecule has 1 N–H and O–H groups in total. The van der Waals surface area contributed by atoms with Crippen molar-refractivity contribution < 1.29 is 12.9 Å². The molecule has 0 rings (SSSR count). The van der Waals surface area contributed by atoms with Crippen molar-refractivity contribution in [1.82, 2.24) is 0 Å². The van der Waals surface area contributed by atoms with Crippen LogP contribution in [0.1, 0.15) is 0 Å². The third-order valence-corrected chi connectivity index (χ3v) is 0.428. The van der Waals surface area contributed by atoms with Crippen molar-refractivity contribution >= 4 is 30.2 Å². The van der Waals surface area contributed by atoms with Crippen molar-refractivity contribution in [2.45, 2.75) is 0 Å². The van der Waals surface area contributed by atoms with E-state index >= 15 is 0 Å². The van der Waals surface area contributed by atoms with Crippen molar-refractivity contribution in [3.05, 3.63) is 0 Å². The Morgan fingerprint density at radius 3 is 2.00 bits per heavy atom. The van der Waals surface area contributed by atoms with Gasteiger partial charge in [-0.15, -0.1) is 0 Å². The van der Waals surface area contributed by atoms with Gasteiger partial charge in [0.2, 0.25) is 0 Å². The van der Waals surface area contributed by atoms with E-state index in [2.05, 4.69) is 4.18 Å². The molecule has 0 saturated carbocycles. The van der Waals surface area contributed by atoms with E-state index < -0.39 is 11.4 Å². The van der Waals surface area contributed by atoms with E-state index in [0.29, 0.717) is 0 Å². The molecule has 5 heteroatoms. The van der Waals surface area contributed by atoms with Gasteiger partial charge in [0.05, 0.1) is 7.11 Å². The number of hydrogen-bond donors (Lipinski definition) is 1. The second-order valence-electron chi connectivity index (χ2n) is 0.384. The van der Waals surface area contributed by atoms with Crippen LogP contribution in [0.2, 0.25) is 0 Å². The predicted molar refractivity (Wildman–Crippen MR) is 24.9 cm³/mol. The Bertz CT molecular complexity index is 46.1. The molecule has 0 aromatic carbocycles. The maximum atomic E-state index is 9.26. The first-order chi connectivity index (χ1) is 2.27. The molecule has 34 valence electrons. The SMILES string of the molecule is COS(=O)O.[LiH]. The predicted octanol–water partition coefficient (Wildman–Crippen LogP) is -0.879. The molecule has 0 spiro atoms. The molecule has 3 nitrogen and oxygen atoms in total. The first-order valence-electron chi connectivity index (χ1n) is 0.924. The Kier molecular flexibility index (Phi) is 9.29. The van der Waals surface area contributed by atoms with Crippen LogP contribution in [-0.4, -0.2) is 34.7 Å². The van der Waals surface area contributed by atoms with Gasteiger partial charge in [0.15, 0.2) is 0 Å². The number of hydrogen-bond acceptors (Lipinski definition) is 2. The van der Waals surface area contributed by atoms with Crippen molar-refractivity contribution in [1.29, 1.82) is 0 Å². The molecule has 0 aromatic heterocycles. The topological polar surface area (TPSA) is 46.5 Å². The van der Waals surface area contributed by atoms with Gasteiger partial charge in [-0.2, -0.15) is 4.21 Å². The normalized spacial score (nSPS) is 12.3. The van der Waals surface area contributed by atoms with Crippen LogP contribution in [0.15, 0.2) is 0 Å². The summed E-state index contributed by atoms with van der Waals surface area (Å²) in [6.45, 7) is 0. The van der Waals surface area contributed by atoms with Crippen LogP contribution in [0, 0.1) is 0 Å². The third kappa shape index (κ3) is 8.82. The molecule has 0 radical (unpaired) electrons. The molecule has 0 aliphatic heterocycles. The minimum absolute atomic E-state index is 0. The van der Waals surface area contributed by atoms with E-state index in [1.165, 1.54) is 0 Å². The van der Waals surface area contributed by atoms with Gasteiger partial charge < -0.3 is 0 Å². The minimum atomic E-state index is -2.07. The van der Waals surface area contributed by atoms with Gasteiger partial charge in [-0.25, -0.2) is 0 Å². The molecule has 6 heavy (non-hydrogen) atoms. The molecule has 0 aliphatic carbocycles. The maximum absolute atomic E-state index is 9.26. The van der Waals surface area contributed by atoms with Gasteiger partial charge in [0, 0.05) is 0 Å². The summed E-state index contributed by atoms with van der Waals surface area (Å²) >= 11 is -2.07. The standard InChI is InChI=1S/CH4O3S.Li.H/c1-4-5(2)3;;/h1H3,(H,2,3);;. The Morgan fingerprint density at radius 1 is 1.83 bits per heavy atom. The molecule has 0 fully saturated rings. The monoisotopic (exact) mass is 104 g/mol. The van der Waals surface area contributed by atoms with E-state index in [1.54, 1.807) is 0 Å².